The first-order chi connectivity index (χ1) is 10.1. The fraction of sp³-hybridized carbons (Fsp3) is 0.562. The maximum Gasteiger partial charge on any atom is 0.253 e. The topological polar surface area (TPSA) is 32.8 Å². The molecule has 0 N–H and O–H groups in total. The Morgan fingerprint density at radius 1 is 1.14 bits per heavy atom. The van der Waals surface area contributed by atoms with Crippen LogP contribution in [-0.4, -0.2) is 63.2 Å². The lowest BCUT2D eigenvalue weighted by Crippen LogP contribution is -2.36. The summed E-state index contributed by atoms with van der Waals surface area (Å²) in [6.45, 7) is 2.85. The van der Waals surface area contributed by atoms with Crippen LogP contribution in [0.1, 0.15) is 22.3 Å². The first-order valence-electron chi connectivity index (χ1n) is 7.16. The second-order valence-corrected chi connectivity index (χ2v) is 5.54. The van der Waals surface area contributed by atoms with E-state index in [2.05, 4.69) is 4.90 Å². The van der Waals surface area contributed by atoms with Crippen molar-refractivity contribution in [1.82, 2.24) is 9.80 Å². The van der Waals surface area contributed by atoms with Gasteiger partial charge in [0, 0.05) is 31.6 Å². The van der Waals surface area contributed by atoms with E-state index < -0.39 is 0 Å². The van der Waals surface area contributed by atoms with Gasteiger partial charge >= 0.3 is 0 Å². The Kier molecular flexibility index (Phi) is 8.35. The molecule has 0 radical (unpaired) electrons. The molecule has 0 aliphatic heterocycles. The fourth-order valence-electron chi connectivity index (χ4n) is 2.01. The van der Waals surface area contributed by atoms with Gasteiger partial charge in [-0.15, -0.1) is 11.6 Å². The van der Waals surface area contributed by atoms with Gasteiger partial charge in [0.25, 0.3) is 5.91 Å². The molecule has 0 unspecified atom stereocenters. The Morgan fingerprint density at radius 3 is 2.33 bits per heavy atom. The Bertz CT molecular complexity index is 421. The molecule has 5 heteroatoms. The van der Waals surface area contributed by atoms with Crippen LogP contribution >= 0.6 is 11.6 Å². The van der Waals surface area contributed by atoms with Crippen LogP contribution in [0.2, 0.25) is 0 Å². The number of carbonyl (C=O) groups is 1. The number of hydrogen-bond donors (Lipinski definition) is 0. The lowest BCUT2D eigenvalue weighted by molar-refractivity contribution is 0.0689. The van der Waals surface area contributed by atoms with Crippen LogP contribution in [0.4, 0.5) is 0 Å². The number of benzene rings is 1. The van der Waals surface area contributed by atoms with E-state index in [0.717, 1.165) is 25.1 Å². The van der Waals surface area contributed by atoms with E-state index >= 15 is 0 Å². The third-order valence-corrected chi connectivity index (χ3v) is 3.55. The number of methoxy groups -OCH3 is 1. The van der Waals surface area contributed by atoms with Crippen LogP contribution in [0.15, 0.2) is 24.3 Å². The van der Waals surface area contributed by atoms with E-state index in [1.807, 2.05) is 43.3 Å². The maximum absolute atomic E-state index is 12.5. The number of rotatable bonds is 9. The Morgan fingerprint density at radius 2 is 1.81 bits per heavy atom. The zero-order chi connectivity index (χ0) is 15.7. The molecule has 4 nitrogen and oxygen atoms in total. The molecule has 0 heterocycles. The summed E-state index contributed by atoms with van der Waals surface area (Å²) >= 11 is 5.77. The van der Waals surface area contributed by atoms with Gasteiger partial charge in [-0.05, 0) is 44.8 Å². The van der Waals surface area contributed by atoms with Crippen molar-refractivity contribution in [3.8, 4) is 0 Å². The van der Waals surface area contributed by atoms with Crippen LogP contribution < -0.4 is 0 Å². The molecular weight excluding hydrogens is 288 g/mol. The fourth-order valence-corrected chi connectivity index (χ4v) is 2.19. The lowest BCUT2D eigenvalue weighted by Gasteiger charge is -2.23. The first kappa shape index (κ1) is 18.0. The minimum absolute atomic E-state index is 0.0481. The predicted octanol–water partition coefficient (Wildman–Crippen LogP) is 2.47. The van der Waals surface area contributed by atoms with Gasteiger partial charge in [-0.2, -0.15) is 0 Å². The van der Waals surface area contributed by atoms with Gasteiger partial charge in [0.15, 0.2) is 0 Å². The summed E-state index contributed by atoms with van der Waals surface area (Å²) in [5.74, 6) is 0.511. The molecule has 1 amide bonds. The van der Waals surface area contributed by atoms with Crippen molar-refractivity contribution in [2.24, 2.45) is 0 Å². The van der Waals surface area contributed by atoms with Gasteiger partial charge in [0.05, 0.1) is 6.61 Å². The van der Waals surface area contributed by atoms with Crippen molar-refractivity contribution < 1.29 is 9.53 Å². The van der Waals surface area contributed by atoms with E-state index in [0.29, 0.717) is 24.6 Å². The monoisotopic (exact) mass is 312 g/mol. The quantitative estimate of drug-likeness (QED) is 0.657. The van der Waals surface area contributed by atoms with Gasteiger partial charge in [-0.3, -0.25) is 4.79 Å². The summed E-state index contributed by atoms with van der Waals surface area (Å²) in [5, 5.41) is 0. The van der Waals surface area contributed by atoms with E-state index in [4.69, 9.17) is 16.3 Å². The van der Waals surface area contributed by atoms with Crippen molar-refractivity contribution in [1.29, 1.82) is 0 Å². The summed E-state index contributed by atoms with van der Waals surface area (Å²) in [6.07, 6.45) is 0.947. The molecule has 0 aliphatic carbocycles. The zero-order valence-electron chi connectivity index (χ0n) is 13.1. The lowest BCUT2D eigenvalue weighted by atomic mass is 10.1. The number of ether oxygens (including phenoxy) is 1. The highest BCUT2D eigenvalue weighted by Gasteiger charge is 2.15. The third-order valence-electron chi connectivity index (χ3n) is 3.24. The SMILES string of the molecule is COCCN(CCCN(C)C)C(=O)c1ccc(CCl)cc1. The summed E-state index contributed by atoms with van der Waals surface area (Å²) < 4.78 is 5.10. The van der Waals surface area contributed by atoms with Crippen molar-refractivity contribution in [3.63, 3.8) is 0 Å². The number of nitrogens with zero attached hydrogens (tertiary/aromatic N) is 2. The minimum Gasteiger partial charge on any atom is -0.383 e. The average Bonchev–Trinajstić information content (AvgIpc) is 2.49. The van der Waals surface area contributed by atoms with Gasteiger partial charge in [-0.1, -0.05) is 12.1 Å². The Labute approximate surface area is 132 Å². The molecule has 1 aromatic carbocycles. The molecule has 21 heavy (non-hydrogen) atoms. The number of amides is 1. The standard InChI is InChI=1S/C16H25ClN2O2/c1-18(2)9-4-10-19(11-12-21-3)16(20)15-7-5-14(13-17)6-8-15/h5-8H,4,9-13H2,1-3H3. The maximum atomic E-state index is 12.5. The molecule has 0 saturated carbocycles. The van der Waals surface area contributed by atoms with E-state index in [9.17, 15) is 4.79 Å². The third kappa shape index (κ3) is 6.46. The van der Waals surface area contributed by atoms with Gasteiger partial charge < -0.3 is 14.5 Å². The normalized spacial score (nSPS) is 10.9. The zero-order valence-corrected chi connectivity index (χ0v) is 13.9. The van der Waals surface area contributed by atoms with Crippen LogP contribution in [0.25, 0.3) is 0 Å². The van der Waals surface area contributed by atoms with Crippen molar-refractivity contribution >= 4 is 17.5 Å². The second-order valence-electron chi connectivity index (χ2n) is 5.27. The molecule has 0 aliphatic rings. The number of alkyl halides is 1. The van der Waals surface area contributed by atoms with Crippen LogP contribution in [0.3, 0.4) is 0 Å². The molecule has 0 bridgehead atoms. The van der Waals surface area contributed by atoms with Crippen LogP contribution in [-0.2, 0) is 10.6 Å². The van der Waals surface area contributed by atoms with Crippen molar-refractivity contribution in [3.05, 3.63) is 35.4 Å². The summed E-state index contributed by atoms with van der Waals surface area (Å²) in [5.41, 5.74) is 1.72. The number of carbonyl (C=O) groups excluding carboxylic acids is 1. The largest absolute Gasteiger partial charge is 0.383 e. The van der Waals surface area contributed by atoms with Gasteiger partial charge in [0.1, 0.15) is 0 Å². The van der Waals surface area contributed by atoms with E-state index in [1.165, 1.54) is 0 Å². The Hall–Kier alpha value is -1.10. The summed E-state index contributed by atoms with van der Waals surface area (Å²) in [4.78, 5) is 16.5. The molecule has 1 aromatic rings. The molecule has 1 rings (SSSR count). The Balaban J connectivity index is 2.67. The minimum atomic E-state index is 0.0481. The molecule has 0 spiro atoms. The van der Waals surface area contributed by atoms with Crippen LogP contribution in [0, 0.1) is 0 Å². The van der Waals surface area contributed by atoms with Crippen LogP contribution in [0.5, 0.6) is 0 Å². The molecule has 0 aromatic heterocycles. The summed E-state index contributed by atoms with van der Waals surface area (Å²) in [7, 11) is 5.72. The van der Waals surface area contributed by atoms with Gasteiger partial charge in [-0.25, -0.2) is 0 Å². The van der Waals surface area contributed by atoms with E-state index in [-0.39, 0.29) is 5.91 Å². The second kappa shape index (κ2) is 9.77. The molecule has 0 fully saturated rings. The smallest absolute Gasteiger partial charge is 0.253 e. The van der Waals surface area contributed by atoms with Crippen molar-refractivity contribution in [2.45, 2.75) is 12.3 Å². The molecule has 0 atom stereocenters. The average molecular weight is 313 g/mol. The molecule has 0 saturated heterocycles. The highest BCUT2D eigenvalue weighted by Crippen LogP contribution is 2.10. The van der Waals surface area contributed by atoms with Crippen molar-refractivity contribution in [2.75, 3.05) is 47.4 Å². The van der Waals surface area contributed by atoms with Gasteiger partial charge in [0.2, 0.25) is 0 Å². The highest BCUT2D eigenvalue weighted by atomic mass is 35.5. The summed E-state index contributed by atoms with van der Waals surface area (Å²) in [6, 6.07) is 7.47. The highest BCUT2D eigenvalue weighted by molar-refractivity contribution is 6.17. The van der Waals surface area contributed by atoms with E-state index in [1.54, 1.807) is 7.11 Å². The predicted molar refractivity (Wildman–Crippen MR) is 86.9 cm³/mol. The number of halogens is 1. The molecule has 118 valence electrons. The number of hydrogen-bond acceptors (Lipinski definition) is 3. The first-order valence-corrected chi connectivity index (χ1v) is 7.69. The molecular formula is C16H25ClN2O2.